The number of ether oxygens (including phenoxy) is 1. The van der Waals surface area contributed by atoms with Gasteiger partial charge in [-0.15, -0.1) is 15.0 Å². The highest BCUT2D eigenvalue weighted by atomic mass is 16.6. The molecule has 11 nitrogen and oxygen atoms in total. The second-order valence-electron chi connectivity index (χ2n) is 3.97. The van der Waals surface area contributed by atoms with Crippen molar-refractivity contribution < 1.29 is 29.6 Å². The van der Waals surface area contributed by atoms with Crippen LogP contribution < -0.4 is 10.6 Å². The Morgan fingerprint density at radius 2 is 1.70 bits per heavy atom. The van der Waals surface area contributed by atoms with Crippen molar-refractivity contribution in [2.24, 2.45) is 0 Å². The first-order valence-corrected chi connectivity index (χ1v) is 5.62. The van der Waals surface area contributed by atoms with E-state index in [1.54, 1.807) is 0 Å². The quantitative estimate of drug-likeness (QED) is 0.347. The van der Waals surface area contributed by atoms with Crippen LogP contribution in [0.25, 0.3) is 0 Å². The molecule has 5 N–H and O–H groups in total. The highest BCUT2D eigenvalue weighted by molar-refractivity contribution is 5.81. The van der Waals surface area contributed by atoms with Gasteiger partial charge < -0.3 is 30.7 Å². The Morgan fingerprint density at radius 1 is 1.15 bits per heavy atom. The van der Waals surface area contributed by atoms with E-state index in [0.29, 0.717) is 12.8 Å². The molecule has 2 amide bonds. The van der Waals surface area contributed by atoms with Crippen LogP contribution in [0.5, 0.6) is 0 Å². The van der Waals surface area contributed by atoms with Crippen molar-refractivity contribution in [2.75, 3.05) is 17.2 Å². The van der Waals surface area contributed by atoms with Crippen molar-refractivity contribution in [3.63, 3.8) is 0 Å². The molecule has 1 fully saturated rings. The second-order valence-corrected chi connectivity index (χ2v) is 3.97. The number of aliphatic hydroxyl groups is 3. The molecule has 1 aromatic heterocycles. The largest absolute Gasteiger partial charge is 0.394 e. The number of nitrogens with zero attached hydrogens (tertiary/aromatic N) is 3. The van der Waals surface area contributed by atoms with Crippen molar-refractivity contribution in [3.05, 3.63) is 0 Å². The molecular formula is C9H13N5O6. The summed E-state index contributed by atoms with van der Waals surface area (Å²) in [4.78, 5) is 21.7. The van der Waals surface area contributed by atoms with Crippen LogP contribution in [0.1, 0.15) is 6.23 Å². The van der Waals surface area contributed by atoms with E-state index >= 15 is 0 Å². The van der Waals surface area contributed by atoms with E-state index in [-0.39, 0.29) is 11.6 Å². The van der Waals surface area contributed by atoms with Crippen molar-refractivity contribution >= 4 is 24.5 Å². The van der Waals surface area contributed by atoms with Gasteiger partial charge in [-0.25, -0.2) is 0 Å². The molecular weight excluding hydrogens is 274 g/mol. The van der Waals surface area contributed by atoms with E-state index < -0.39 is 31.1 Å². The molecule has 1 aliphatic heterocycles. The fraction of sp³-hybridized carbons (Fsp3) is 0.556. The third-order valence-electron chi connectivity index (χ3n) is 2.77. The SMILES string of the molecule is O=CNc1nn([C@@H]2O[C@@H](CO)[C@H](O)[C@@H]2O)nc1NC=O. The van der Waals surface area contributed by atoms with Gasteiger partial charge in [0.1, 0.15) is 18.3 Å². The molecule has 1 aromatic rings. The first kappa shape index (κ1) is 14.3. The van der Waals surface area contributed by atoms with Gasteiger partial charge in [0.05, 0.1) is 6.61 Å². The van der Waals surface area contributed by atoms with Crippen molar-refractivity contribution in [1.82, 2.24) is 15.0 Å². The highest BCUT2D eigenvalue weighted by Gasteiger charge is 2.44. The van der Waals surface area contributed by atoms with Crippen molar-refractivity contribution in [3.8, 4) is 0 Å². The average Bonchev–Trinajstić information content (AvgIpc) is 2.94. The predicted molar refractivity (Wildman–Crippen MR) is 62.4 cm³/mol. The normalized spacial score (nSPS) is 29.1. The van der Waals surface area contributed by atoms with E-state index in [9.17, 15) is 19.8 Å². The summed E-state index contributed by atoms with van der Waals surface area (Å²) in [5.41, 5.74) is 0. The van der Waals surface area contributed by atoms with Crippen LogP contribution in [-0.2, 0) is 14.3 Å². The highest BCUT2D eigenvalue weighted by Crippen LogP contribution is 2.29. The van der Waals surface area contributed by atoms with Gasteiger partial charge in [-0.3, -0.25) is 9.59 Å². The van der Waals surface area contributed by atoms with Crippen LogP contribution in [0, 0.1) is 0 Å². The molecule has 0 saturated carbocycles. The number of carbonyl (C=O) groups excluding carboxylic acids is 2. The number of nitrogens with one attached hydrogen (secondary N) is 2. The minimum Gasteiger partial charge on any atom is -0.394 e. The van der Waals surface area contributed by atoms with Gasteiger partial charge in [0.15, 0.2) is 17.9 Å². The third-order valence-corrected chi connectivity index (χ3v) is 2.77. The van der Waals surface area contributed by atoms with Gasteiger partial charge in [-0.1, -0.05) is 0 Å². The van der Waals surface area contributed by atoms with Crippen molar-refractivity contribution in [1.29, 1.82) is 0 Å². The van der Waals surface area contributed by atoms with Crippen LogP contribution in [0.3, 0.4) is 0 Å². The van der Waals surface area contributed by atoms with E-state index in [1.165, 1.54) is 0 Å². The van der Waals surface area contributed by atoms with Crippen LogP contribution in [0.2, 0.25) is 0 Å². The molecule has 0 spiro atoms. The lowest BCUT2D eigenvalue weighted by Gasteiger charge is -2.12. The summed E-state index contributed by atoms with van der Waals surface area (Å²) < 4.78 is 5.20. The molecule has 0 aromatic carbocycles. The lowest BCUT2D eigenvalue weighted by atomic mass is 10.1. The lowest BCUT2D eigenvalue weighted by molar-refractivity contribution is -0.106. The Bertz CT molecular complexity index is 466. The molecule has 2 heterocycles. The molecule has 1 saturated heterocycles. The number of aliphatic hydroxyl groups excluding tert-OH is 3. The monoisotopic (exact) mass is 287 g/mol. The summed E-state index contributed by atoms with van der Waals surface area (Å²) in [5, 5.41) is 40.5. The van der Waals surface area contributed by atoms with Gasteiger partial charge in [-0.2, -0.15) is 0 Å². The number of hydrogen-bond acceptors (Lipinski definition) is 8. The maximum atomic E-state index is 10.4. The van der Waals surface area contributed by atoms with Crippen molar-refractivity contribution in [2.45, 2.75) is 24.5 Å². The number of hydrogen-bond donors (Lipinski definition) is 5. The summed E-state index contributed by atoms with van der Waals surface area (Å²) in [6, 6.07) is 0. The van der Waals surface area contributed by atoms with Gasteiger partial charge >= 0.3 is 0 Å². The smallest absolute Gasteiger partial charge is 0.212 e. The Hall–Kier alpha value is -2.08. The Kier molecular flexibility index (Phi) is 4.24. The zero-order valence-corrected chi connectivity index (χ0v) is 10.1. The zero-order chi connectivity index (χ0) is 14.7. The molecule has 11 heteroatoms. The maximum absolute atomic E-state index is 10.4. The molecule has 0 radical (unpaired) electrons. The third kappa shape index (κ3) is 2.46. The standard InChI is InChI=1S/C9H13N5O6/c15-1-4-5(18)6(19)9(20-4)14-12-7(10-2-16)8(13-14)11-3-17/h2-6,9,15,18-19H,1H2,(H,10,12,16)(H,11,13,17)/t4-,5-,6-,9+/m0/s1. The summed E-state index contributed by atoms with van der Waals surface area (Å²) in [5.74, 6) is -0.102. The molecule has 1 aliphatic rings. The number of anilines is 2. The number of rotatable bonds is 6. The zero-order valence-electron chi connectivity index (χ0n) is 10.1. The van der Waals surface area contributed by atoms with Crippen LogP contribution in [-0.4, -0.2) is 68.1 Å². The predicted octanol–water partition coefficient (Wildman–Crippen LogP) is -2.97. The Morgan fingerprint density at radius 3 is 2.10 bits per heavy atom. The molecule has 0 aliphatic carbocycles. The maximum Gasteiger partial charge on any atom is 0.212 e. The van der Waals surface area contributed by atoms with Crippen LogP contribution >= 0.6 is 0 Å². The topological polar surface area (TPSA) is 159 Å². The van der Waals surface area contributed by atoms with E-state index in [1.807, 2.05) is 0 Å². The van der Waals surface area contributed by atoms with Gasteiger partial charge in [-0.05, 0) is 0 Å². The molecule has 0 unspecified atom stereocenters. The molecule has 0 bridgehead atoms. The second kappa shape index (κ2) is 5.92. The molecule has 4 atom stereocenters. The van der Waals surface area contributed by atoms with E-state index in [2.05, 4.69) is 20.8 Å². The first-order chi connectivity index (χ1) is 9.62. The van der Waals surface area contributed by atoms with Crippen LogP contribution in [0.4, 0.5) is 11.6 Å². The fourth-order valence-electron chi connectivity index (χ4n) is 1.81. The number of aromatic nitrogens is 3. The number of carbonyl (C=O) groups is 2. The minimum atomic E-state index is -1.37. The Balaban J connectivity index is 2.26. The van der Waals surface area contributed by atoms with Gasteiger partial charge in [0.25, 0.3) is 0 Å². The summed E-state index contributed by atoms with van der Waals surface area (Å²) in [7, 11) is 0. The minimum absolute atomic E-state index is 0.0511. The molecule has 2 rings (SSSR count). The summed E-state index contributed by atoms with van der Waals surface area (Å²) in [6.07, 6.45) is -4.14. The molecule has 20 heavy (non-hydrogen) atoms. The lowest BCUT2D eigenvalue weighted by Crippen LogP contribution is -2.33. The van der Waals surface area contributed by atoms with Gasteiger partial charge in [0.2, 0.25) is 12.8 Å². The average molecular weight is 287 g/mol. The fourth-order valence-corrected chi connectivity index (χ4v) is 1.81. The van der Waals surface area contributed by atoms with Gasteiger partial charge in [0, 0.05) is 0 Å². The molecule has 110 valence electrons. The Labute approximate surface area is 112 Å². The first-order valence-electron chi connectivity index (χ1n) is 5.62. The summed E-state index contributed by atoms with van der Waals surface area (Å²) in [6.45, 7) is -0.491. The van der Waals surface area contributed by atoms with E-state index in [0.717, 1.165) is 4.80 Å². The van der Waals surface area contributed by atoms with Crippen LogP contribution in [0.15, 0.2) is 0 Å². The summed E-state index contributed by atoms with van der Waals surface area (Å²) >= 11 is 0. The van der Waals surface area contributed by atoms with E-state index in [4.69, 9.17) is 9.84 Å². The number of amides is 2.